The first kappa shape index (κ1) is 17.8. The summed E-state index contributed by atoms with van der Waals surface area (Å²) in [5.41, 5.74) is -0.553. The Morgan fingerprint density at radius 2 is 2.17 bits per heavy atom. The Morgan fingerprint density at radius 3 is 2.83 bits per heavy atom. The number of amides is 1. The summed E-state index contributed by atoms with van der Waals surface area (Å²) in [6.45, 7) is 7.02. The van der Waals surface area contributed by atoms with E-state index in [-0.39, 0.29) is 11.7 Å². The number of halogens is 2. The second kappa shape index (κ2) is 6.04. The summed E-state index contributed by atoms with van der Waals surface area (Å²) in [5.74, 6) is 0. The molecule has 3 heterocycles. The van der Waals surface area contributed by atoms with Gasteiger partial charge in [0.05, 0.1) is 21.7 Å². The number of carbonyl (C=O) groups excluding carboxylic acids is 1. The molecule has 0 saturated carbocycles. The molecule has 1 amide bonds. The molecule has 3 rings (SSSR count). The Balaban J connectivity index is 1.95. The fourth-order valence-corrected chi connectivity index (χ4v) is 4.18. The van der Waals surface area contributed by atoms with Gasteiger partial charge in [-0.15, -0.1) is 0 Å². The summed E-state index contributed by atoms with van der Waals surface area (Å²) in [5, 5.41) is 3.94. The smallest absolute Gasteiger partial charge is 0.410 e. The number of pyridine rings is 1. The summed E-state index contributed by atoms with van der Waals surface area (Å²) in [6.07, 6.45) is 1.18. The van der Waals surface area contributed by atoms with Crippen LogP contribution in [0.1, 0.15) is 39.3 Å². The molecular formula is C16H21BrClN3O3. The number of likely N-dealkylation sites (tertiary alicyclic amines) is 1. The van der Waals surface area contributed by atoms with Crippen molar-refractivity contribution in [2.45, 2.75) is 51.4 Å². The van der Waals surface area contributed by atoms with E-state index in [2.05, 4.69) is 21.2 Å². The van der Waals surface area contributed by atoms with E-state index in [1.807, 2.05) is 20.8 Å². The Hall–Kier alpha value is -1.05. The highest BCUT2D eigenvalue weighted by molar-refractivity contribution is 9.10. The van der Waals surface area contributed by atoms with Crippen LogP contribution in [0.5, 0.6) is 0 Å². The molecule has 1 fully saturated rings. The first-order valence-electron chi connectivity index (χ1n) is 7.96. The van der Waals surface area contributed by atoms with Crippen molar-refractivity contribution in [2.24, 2.45) is 0 Å². The van der Waals surface area contributed by atoms with Crippen molar-refractivity contribution >= 4 is 33.6 Å². The maximum Gasteiger partial charge on any atom is 0.410 e. The van der Waals surface area contributed by atoms with Crippen molar-refractivity contribution in [1.82, 2.24) is 14.8 Å². The zero-order valence-electron chi connectivity index (χ0n) is 14.0. The Morgan fingerprint density at radius 1 is 1.46 bits per heavy atom. The lowest BCUT2D eigenvalue weighted by molar-refractivity contribution is 0.00270. The van der Waals surface area contributed by atoms with Crippen LogP contribution in [-0.4, -0.2) is 34.3 Å². The fraction of sp³-hybridized carbons (Fsp3) is 0.625. The van der Waals surface area contributed by atoms with Crippen molar-refractivity contribution in [3.63, 3.8) is 0 Å². The zero-order chi connectivity index (χ0) is 17.7. The van der Waals surface area contributed by atoms with Crippen molar-refractivity contribution < 1.29 is 9.53 Å². The Labute approximate surface area is 154 Å². The molecule has 1 aromatic heterocycles. The third-order valence-electron chi connectivity index (χ3n) is 4.34. The van der Waals surface area contributed by atoms with Gasteiger partial charge in [-0.1, -0.05) is 11.6 Å². The molecule has 0 bridgehead atoms. The van der Waals surface area contributed by atoms with Crippen molar-refractivity contribution in [3.05, 3.63) is 31.6 Å². The van der Waals surface area contributed by atoms with E-state index in [4.69, 9.17) is 16.3 Å². The predicted molar refractivity (Wildman–Crippen MR) is 95.3 cm³/mol. The normalized spacial score (nSPS) is 23.5. The average molecular weight is 419 g/mol. The Kier molecular flexibility index (Phi) is 4.47. The number of hydrogen-bond donors (Lipinski definition) is 1. The topological polar surface area (TPSA) is 63.6 Å². The molecule has 1 spiro atoms. The SMILES string of the molecule is CC(C)(C)OC(=O)N1CCCC2(C1)NCc1c(Cl)cc(Br)c(=O)n12. The molecule has 8 heteroatoms. The molecule has 1 saturated heterocycles. The minimum atomic E-state index is -0.630. The van der Waals surface area contributed by atoms with Crippen LogP contribution in [0.2, 0.25) is 5.02 Å². The van der Waals surface area contributed by atoms with Gasteiger partial charge in [-0.3, -0.25) is 14.7 Å². The minimum Gasteiger partial charge on any atom is -0.444 e. The van der Waals surface area contributed by atoms with Crippen LogP contribution >= 0.6 is 27.5 Å². The van der Waals surface area contributed by atoms with E-state index in [0.717, 1.165) is 18.5 Å². The molecule has 1 unspecified atom stereocenters. The number of hydrogen-bond acceptors (Lipinski definition) is 4. The number of rotatable bonds is 0. The number of ether oxygens (including phenoxy) is 1. The highest BCUT2D eigenvalue weighted by atomic mass is 79.9. The third-order valence-corrected chi connectivity index (χ3v) is 5.24. The molecule has 132 valence electrons. The largest absolute Gasteiger partial charge is 0.444 e. The molecule has 0 aliphatic carbocycles. The van der Waals surface area contributed by atoms with Gasteiger partial charge < -0.3 is 9.64 Å². The van der Waals surface area contributed by atoms with Gasteiger partial charge in [0, 0.05) is 13.1 Å². The third kappa shape index (κ3) is 3.09. The van der Waals surface area contributed by atoms with E-state index >= 15 is 0 Å². The van der Waals surface area contributed by atoms with Gasteiger partial charge >= 0.3 is 6.09 Å². The van der Waals surface area contributed by atoms with Gasteiger partial charge in [-0.25, -0.2) is 4.79 Å². The highest BCUT2D eigenvalue weighted by Crippen LogP contribution is 2.34. The molecule has 2 aliphatic rings. The second-order valence-electron chi connectivity index (χ2n) is 7.32. The molecule has 2 aliphatic heterocycles. The van der Waals surface area contributed by atoms with E-state index in [9.17, 15) is 9.59 Å². The van der Waals surface area contributed by atoms with Crippen molar-refractivity contribution in [3.8, 4) is 0 Å². The lowest BCUT2D eigenvalue weighted by Gasteiger charge is -2.41. The summed E-state index contributed by atoms with van der Waals surface area (Å²) >= 11 is 9.58. The number of nitrogens with zero attached hydrogens (tertiary/aromatic N) is 2. The lowest BCUT2D eigenvalue weighted by Crippen LogP contribution is -2.58. The van der Waals surface area contributed by atoms with Crippen LogP contribution in [0.3, 0.4) is 0 Å². The van der Waals surface area contributed by atoms with E-state index < -0.39 is 11.3 Å². The second-order valence-corrected chi connectivity index (χ2v) is 8.58. The maximum atomic E-state index is 12.7. The van der Waals surface area contributed by atoms with Gasteiger partial charge in [-0.2, -0.15) is 0 Å². The molecule has 1 atom stereocenters. The predicted octanol–water partition coefficient (Wildman–Crippen LogP) is 3.05. The number of fused-ring (bicyclic) bond motifs is 2. The van der Waals surface area contributed by atoms with Crippen LogP contribution in [0.4, 0.5) is 4.79 Å². The number of nitrogens with one attached hydrogen (secondary N) is 1. The van der Waals surface area contributed by atoms with Crippen LogP contribution < -0.4 is 10.9 Å². The molecule has 0 aromatic carbocycles. The van der Waals surface area contributed by atoms with Gasteiger partial charge in [0.2, 0.25) is 0 Å². The van der Waals surface area contributed by atoms with Gasteiger partial charge in [-0.05, 0) is 55.6 Å². The van der Waals surface area contributed by atoms with Crippen LogP contribution in [-0.2, 0) is 16.9 Å². The molecule has 6 nitrogen and oxygen atoms in total. The quantitative estimate of drug-likeness (QED) is 0.703. The summed E-state index contributed by atoms with van der Waals surface area (Å²) < 4.78 is 7.61. The highest BCUT2D eigenvalue weighted by Gasteiger charge is 2.45. The molecular weight excluding hydrogens is 398 g/mol. The summed E-state index contributed by atoms with van der Waals surface area (Å²) in [6, 6.07) is 1.63. The molecule has 1 aromatic rings. The average Bonchev–Trinajstić information content (AvgIpc) is 2.83. The van der Waals surface area contributed by atoms with Gasteiger partial charge in [0.15, 0.2) is 0 Å². The van der Waals surface area contributed by atoms with E-state index in [1.165, 1.54) is 0 Å². The van der Waals surface area contributed by atoms with Crippen LogP contribution in [0.15, 0.2) is 15.3 Å². The first-order valence-corrected chi connectivity index (χ1v) is 9.13. The van der Waals surface area contributed by atoms with Gasteiger partial charge in [0.1, 0.15) is 11.3 Å². The van der Waals surface area contributed by atoms with Crippen molar-refractivity contribution in [1.29, 1.82) is 0 Å². The van der Waals surface area contributed by atoms with Crippen molar-refractivity contribution in [2.75, 3.05) is 13.1 Å². The zero-order valence-corrected chi connectivity index (χ0v) is 16.3. The van der Waals surface area contributed by atoms with Gasteiger partial charge in [0.25, 0.3) is 5.56 Å². The number of piperidine rings is 1. The molecule has 0 radical (unpaired) electrons. The first-order chi connectivity index (χ1) is 11.1. The molecule has 1 N–H and O–H groups in total. The minimum absolute atomic E-state index is 0.134. The fourth-order valence-electron chi connectivity index (χ4n) is 3.38. The molecule has 24 heavy (non-hydrogen) atoms. The summed E-state index contributed by atoms with van der Waals surface area (Å²) in [7, 11) is 0. The number of carbonyl (C=O) groups is 1. The van der Waals surface area contributed by atoms with Crippen LogP contribution in [0.25, 0.3) is 0 Å². The summed E-state index contributed by atoms with van der Waals surface area (Å²) in [4.78, 5) is 26.8. The standard InChI is InChI=1S/C16H21BrClN3O3/c1-15(2,3)24-14(23)20-6-4-5-16(9-20)19-8-12-11(18)7-10(17)13(22)21(12)16/h7,19H,4-6,8-9H2,1-3H3. The number of aromatic nitrogens is 1. The Bertz CT molecular complexity index is 743. The monoisotopic (exact) mass is 417 g/mol. The maximum absolute atomic E-state index is 12.7. The van der Waals surface area contributed by atoms with Crippen LogP contribution in [0, 0.1) is 0 Å². The lowest BCUT2D eigenvalue weighted by atomic mass is 9.98. The van der Waals surface area contributed by atoms with E-state index in [0.29, 0.717) is 29.1 Å². The van der Waals surface area contributed by atoms with E-state index in [1.54, 1.807) is 15.5 Å².